The van der Waals surface area contributed by atoms with Crippen molar-refractivity contribution in [2.24, 2.45) is 0 Å². The summed E-state index contributed by atoms with van der Waals surface area (Å²) in [6.45, 7) is 0. The standard InChI is InChI=1S/C4H2FIO2S2/c5-10(7,8)4-3(6)1-2-9-4/h1-2H. The molecule has 0 aromatic carbocycles. The van der Waals surface area contributed by atoms with Gasteiger partial charge in [0.05, 0.1) is 0 Å². The molecule has 0 unspecified atom stereocenters. The van der Waals surface area contributed by atoms with Gasteiger partial charge in [-0.05, 0) is 34.0 Å². The summed E-state index contributed by atoms with van der Waals surface area (Å²) in [5, 5.41) is 1.54. The number of rotatable bonds is 1. The smallest absolute Gasteiger partial charge is 0.188 e. The van der Waals surface area contributed by atoms with Crippen LogP contribution in [0.15, 0.2) is 15.7 Å². The summed E-state index contributed by atoms with van der Waals surface area (Å²) in [6, 6.07) is 1.55. The third-order valence-electron chi connectivity index (χ3n) is 0.806. The second-order valence-corrected chi connectivity index (χ2v) is 5.11. The fourth-order valence-corrected chi connectivity index (χ4v) is 3.48. The van der Waals surface area contributed by atoms with Gasteiger partial charge in [-0.15, -0.1) is 11.3 Å². The molecule has 0 spiro atoms. The molecule has 0 amide bonds. The van der Waals surface area contributed by atoms with Gasteiger partial charge in [0.1, 0.15) is 0 Å². The van der Waals surface area contributed by atoms with Crippen LogP contribution in [0.25, 0.3) is 0 Å². The fraction of sp³-hybridized carbons (Fsp3) is 0. The second kappa shape index (κ2) is 2.74. The first-order chi connectivity index (χ1) is 4.52. The first-order valence-corrected chi connectivity index (χ1v) is 5.53. The monoisotopic (exact) mass is 292 g/mol. The van der Waals surface area contributed by atoms with Crippen LogP contribution >= 0.6 is 33.9 Å². The molecular weight excluding hydrogens is 290 g/mol. The second-order valence-electron chi connectivity index (χ2n) is 1.49. The molecule has 1 rings (SSSR count). The number of halogens is 2. The van der Waals surface area contributed by atoms with Crippen LogP contribution in [0.4, 0.5) is 3.89 Å². The highest BCUT2D eigenvalue weighted by Crippen LogP contribution is 2.25. The zero-order chi connectivity index (χ0) is 7.78. The van der Waals surface area contributed by atoms with Crippen LogP contribution in [-0.4, -0.2) is 8.42 Å². The van der Waals surface area contributed by atoms with Crippen molar-refractivity contribution in [2.75, 3.05) is 0 Å². The van der Waals surface area contributed by atoms with E-state index >= 15 is 0 Å². The molecule has 56 valence electrons. The van der Waals surface area contributed by atoms with Crippen LogP contribution in [0.1, 0.15) is 0 Å². The van der Waals surface area contributed by atoms with E-state index < -0.39 is 10.2 Å². The summed E-state index contributed by atoms with van der Waals surface area (Å²) < 4.78 is 32.9. The number of hydrogen-bond acceptors (Lipinski definition) is 3. The molecule has 0 atom stereocenters. The van der Waals surface area contributed by atoms with Crippen LogP contribution in [0.5, 0.6) is 0 Å². The van der Waals surface area contributed by atoms with Crippen LogP contribution in [-0.2, 0) is 10.2 Å². The Balaban J connectivity index is 3.32. The highest BCUT2D eigenvalue weighted by Gasteiger charge is 2.16. The van der Waals surface area contributed by atoms with Crippen molar-refractivity contribution in [3.63, 3.8) is 0 Å². The Kier molecular flexibility index (Phi) is 2.31. The van der Waals surface area contributed by atoms with Gasteiger partial charge in [-0.2, -0.15) is 8.42 Å². The van der Waals surface area contributed by atoms with Crippen molar-refractivity contribution in [2.45, 2.75) is 4.21 Å². The number of thiophene rings is 1. The Morgan fingerprint density at radius 1 is 1.60 bits per heavy atom. The molecule has 0 saturated carbocycles. The highest BCUT2D eigenvalue weighted by atomic mass is 127. The number of hydrogen-bond donors (Lipinski definition) is 0. The van der Waals surface area contributed by atoms with Gasteiger partial charge in [-0.1, -0.05) is 3.89 Å². The van der Waals surface area contributed by atoms with Crippen LogP contribution in [0.2, 0.25) is 0 Å². The van der Waals surface area contributed by atoms with E-state index in [0.29, 0.717) is 3.57 Å². The van der Waals surface area contributed by atoms with E-state index in [-0.39, 0.29) is 4.21 Å². The summed E-state index contributed by atoms with van der Waals surface area (Å²) in [5.41, 5.74) is 0. The molecule has 10 heavy (non-hydrogen) atoms. The summed E-state index contributed by atoms with van der Waals surface area (Å²) in [4.78, 5) is 0. The molecule has 0 bridgehead atoms. The van der Waals surface area contributed by atoms with Crippen molar-refractivity contribution in [1.82, 2.24) is 0 Å². The Morgan fingerprint density at radius 3 is 2.40 bits per heavy atom. The molecule has 1 aromatic heterocycles. The normalized spacial score (nSPS) is 11.8. The first kappa shape index (κ1) is 8.41. The van der Waals surface area contributed by atoms with Gasteiger partial charge in [-0.3, -0.25) is 0 Å². The molecule has 1 aromatic rings. The van der Waals surface area contributed by atoms with Gasteiger partial charge in [0, 0.05) is 3.57 Å². The maximum atomic E-state index is 12.2. The lowest BCUT2D eigenvalue weighted by atomic mass is 10.7. The van der Waals surface area contributed by atoms with Crippen molar-refractivity contribution < 1.29 is 12.3 Å². The first-order valence-electron chi connectivity index (χ1n) is 2.19. The van der Waals surface area contributed by atoms with E-state index in [1.165, 1.54) is 5.38 Å². The molecule has 1 heterocycles. The predicted octanol–water partition coefficient (Wildman–Crippen LogP) is 2.01. The lowest BCUT2D eigenvalue weighted by Crippen LogP contribution is -1.88. The van der Waals surface area contributed by atoms with E-state index in [1.807, 2.05) is 0 Å². The Hall–Kier alpha value is 0.310. The summed E-state index contributed by atoms with van der Waals surface area (Å²) in [7, 11) is -4.48. The van der Waals surface area contributed by atoms with Crippen molar-refractivity contribution >= 4 is 44.2 Å². The van der Waals surface area contributed by atoms with E-state index in [2.05, 4.69) is 0 Å². The Labute approximate surface area is 75.4 Å². The zero-order valence-corrected chi connectivity index (χ0v) is 8.33. The summed E-state index contributed by atoms with van der Waals surface area (Å²) in [6.07, 6.45) is 0. The van der Waals surface area contributed by atoms with Gasteiger partial charge < -0.3 is 0 Å². The Morgan fingerprint density at radius 2 is 2.20 bits per heavy atom. The minimum Gasteiger partial charge on any atom is -0.188 e. The van der Waals surface area contributed by atoms with Crippen LogP contribution in [0.3, 0.4) is 0 Å². The molecule has 0 N–H and O–H groups in total. The van der Waals surface area contributed by atoms with Crippen LogP contribution < -0.4 is 0 Å². The SMILES string of the molecule is O=S(=O)(F)c1sccc1I. The minimum absolute atomic E-state index is 0.201. The lowest BCUT2D eigenvalue weighted by Gasteiger charge is -1.86. The lowest BCUT2D eigenvalue weighted by molar-refractivity contribution is 0.554. The topological polar surface area (TPSA) is 34.1 Å². The summed E-state index contributed by atoms with van der Waals surface area (Å²) >= 11 is 2.66. The summed E-state index contributed by atoms with van der Waals surface area (Å²) in [5.74, 6) is 0. The van der Waals surface area contributed by atoms with Crippen molar-refractivity contribution in [3.05, 3.63) is 15.0 Å². The van der Waals surface area contributed by atoms with E-state index in [9.17, 15) is 12.3 Å². The van der Waals surface area contributed by atoms with E-state index in [0.717, 1.165) is 11.3 Å². The molecule has 0 aliphatic rings. The van der Waals surface area contributed by atoms with Crippen molar-refractivity contribution in [1.29, 1.82) is 0 Å². The minimum atomic E-state index is -4.48. The molecule has 0 radical (unpaired) electrons. The molecule has 0 aliphatic heterocycles. The average Bonchev–Trinajstić information content (AvgIpc) is 2.11. The third kappa shape index (κ3) is 1.67. The fourth-order valence-electron chi connectivity index (χ4n) is 0.454. The average molecular weight is 292 g/mol. The maximum Gasteiger partial charge on any atom is 0.342 e. The third-order valence-corrected chi connectivity index (χ3v) is 4.69. The van der Waals surface area contributed by atoms with E-state index in [1.54, 1.807) is 28.7 Å². The molecule has 6 heteroatoms. The quantitative estimate of drug-likeness (QED) is 0.586. The van der Waals surface area contributed by atoms with E-state index in [4.69, 9.17) is 0 Å². The van der Waals surface area contributed by atoms with Gasteiger partial charge in [0.15, 0.2) is 4.21 Å². The van der Waals surface area contributed by atoms with Gasteiger partial charge in [0.25, 0.3) is 0 Å². The molecule has 0 saturated heterocycles. The molecule has 0 fully saturated rings. The van der Waals surface area contributed by atoms with Crippen molar-refractivity contribution in [3.8, 4) is 0 Å². The maximum absolute atomic E-state index is 12.2. The Bertz CT molecular complexity index is 329. The molecule has 0 aliphatic carbocycles. The molecular formula is C4H2FIO2S2. The zero-order valence-electron chi connectivity index (χ0n) is 4.54. The van der Waals surface area contributed by atoms with Gasteiger partial charge >= 0.3 is 10.2 Å². The highest BCUT2D eigenvalue weighted by molar-refractivity contribution is 14.1. The van der Waals surface area contributed by atoms with Gasteiger partial charge in [-0.25, -0.2) is 0 Å². The van der Waals surface area contributed by atoms with Crippen LogP contribution in [0, 0.1) is 3.57 Å². The predicted molar refractivity (Wildman–Crippen MR) is 45.3 cm³/mol. The largest absolute Gasteiger partial charge is 0.342 e. The molecule has 2 nitrogen and oxygen atoms in total. The van der Waals surface area contributed by atoms with Gasteiger partial charge in [0.2, 0.25) is 0 Å².